The Balaban J connectivity index is 3.05. The maximum absolute atomic E-state index is 12.0. The zero-order valence-electron chi connectivity index (χ0n) is 8.42. The number of benzene rings is 1. The van der Waals surface area contributed by atoms with E-state index in [0.29, 0.717) is 0 Å². The Morgan fingerprint density at radius 1 is 1.40 bits per heavy atom. The Labute approximate surface area is 87.1 Å². The van der Waals surface area contributed by atoms with E-state index in [1.807, 2.05) is 19.9 Å². The van der Waals surface area contributed by atoms with E-state index in [4.69, 9.17) is 5.26 Å². The molecule has 79 valence electrons. The predicted molar refractivity (Wildman–Crippen MR) is 51.5 cm³/mol. The third-order valence-corrected chi connectivity index (χ3v) is 1.89. The fraction of sp³-hybridized carbons (Fsp3) is 0.273. The highest BCUT2D eigenvalue weighted by Gasteiger charge is 2.11. The average Bonchev–Trinajstić information content (AvgIpc) is 2.17. The lowest BCUT2D eigenvalue weighted by atomic mass is 10.0. The van der Waals surface area contributed by atoms with Crippen LogP contribution in [0.25, 0.3) is 0 Å². The smallest absolute Gasteiger partial charge is 0.387 e. The van der Waals surface area contributed by atoms with Gasteiger partial charge in [-0.05, 0) is 23.6 Å². The molecule has 0 N–H and O–H groups in total. The summed E-state index contributed by atoms with van der Waals surface area (Å²) in [5, 5.41) is 8.75. The molecule has 0 fully saturated rings. The highest BCUT2D eigenvalue weighted by molar-refractivity contribution is 5.48. The quantitative estimate of drug-likeness (QED) is 0.767. The zero-order chi connectivity index (χ0) is 11.4. The van der Waals surface area contributed by atoms with Gasteiger partial charge in [0.05, 0.1) is 5.56 Å². The minimum absolute atomic E-state index is 0.0856. The molecule has 15 heavy (non-hydrogen) atoms. The predicted octanol–water partition coefficient (Wildman–Crippen LogP) is 3.12. The molecule has 0 saturated heterocycles. The van der Waals surface area contributed by atoms with Gasteiger partial charge >= 0.3 is 6.61 Å². The highest BCUT2D eigenvalue weighted by atomic mass is 19.3. The molecule has 0 aliphatic heterocycles. The molecule has 0 aliphatic carbocycles. The number of nitrogens with zero attached hydrogens (tertiary/aromatic N) is 1. The molecular weight excluding hydrogens is 200 g/mol. The van der Waals surface area contributed by atoms with E-state index in [2.05, 4.69) is 4.74 Å². The molecular formula is C11H10F2NO. The Kier molecular flexibility index (Phi) is 3.62. The Morgan fingerprint density at radius 3 is 2.53 bits per heavy atom. The van der Waals surface area contributed by atoms with Gasteiger partial charge in [-0.3, -0.25) is 0 Å². The number of halogens is 2. The largest absolute Gasteiger partial charge is 0.433 e. The first kappa shape index (κ1) is 11.4. The molecule has 2 nitrogen and oxygen atoms in total. The van der Waals surface area contributed by atoms with Crippen molar-refractivity contribution in [2.24, 2.45) is 0 Å². The number of hydrogen-bond donors (Lipinski definition) is 0. The first-order chi connectivity index (χ1) is 7.04. The second-order valence-electron chi connectivity index (χ2n) is 3.20. The number of ether oxygens (including phenoxy) is 1. The van der Waals surface area contributed by atoms with Crippen LogP contribution in [0.1, 0.15) is 25.0 Å². The summed E-state index contributed by atoms with van der Waals surface area (Å²) in [5.74, 6) is 0.924. The first-order valence-electron chi connectivity index (χ1n) is 4.34. The van der Waals surface area contributed by atoms with E-state index < -0.39 is 6.61 Å². The SMILES string of the molecule is C[C](C)c1ccc(OC(F)F)c(C#N)c1. The summed E-state index contributed by atoms with van der Waals surface area (Å²) in [7, 11) is 0. The molecule has 0 atom stereocenters. The van der Waals surface area contributed by atoms with Crippen LogP contribution in [-0.2, 0) is 0 Å². The van der Waals surface area contributed by atoms with E-state index in [1.54, 1.807) is 6.07 Å². The first-order valence-corrected chi connectivity index (χ1v) is 4.34. The normalized spacial score (nSPS) is 10.5. The Hall–Kier alpha value is -1.63. The van der Waals surface area contributed by atoms with E-state index in [1.165, 1.54) is 12.1 Å². The molecule has 1 radical (unpaired) electrons. The molecule has 0 bridgehead atoms. The molecule has 0 aromatic heterocycles. The average molecular weight is 210 g/mol. The number of nitriles is 1. The minimum Gasteiger partial charge on any atom is -0.433 e. The van der Waals surface area contributed by atoms with Crippen molar-refractivity contribution in [3.8, 4) is 11.8 Å². The number of rotatable bonds is 3. The molecule has 0 amide bonds. The summed E-state index contributed by atoms with van der Waals surface area (Å²) in [6.07, 6.45) is 0. The monoisotopic (exact) mass is 210 g/mol. The lowest BCUT2D eigenvalue weighted by Gasteiger charge is -2.09. The molecule has 0 aliphatic rings. The summed E-state index contributed by atoms with van der Waals surface area (Å²) in [6, 6.07) is 6.39. The van der Waals surface area contributed by atoms with Gasteiger partial charge in [0.15, 0.2) is 0 Å². The van der Waals surface area contributed by atoms with Crippen molar-refractivity contribution in [1.29, 1.82) is 5.26 Å². The van der Waals surface area contributed by atoms with Gasteiger partial charge in [0.2, 0.25) is 0 Å². The zero-order valence-corrected chi connectivity index (χ0v) is 8.42. The van der Waals surface area contributed by atoms with Crippen LogP contribution in [0.5, 0.6) is 5.75 Å². The molecule has 0 heterocycles. The van der Waals surface area contributed by atoms with Crippen molar-refractivity contribution < 1.29 is 13.5 Å². The van der Waals surface area contributed by atoms with Crippen molar-refractivity contribution in [2.45, 2.75) is 20.5 Å². The maximum atomic E-state index is 12.0. The fourth-order valence-corrected chi connectivity index (χ4v) is 1.13. The molecule has 0 unspecified atom stereocenters. The van der Waals surface area contributed by atoms with Gasteiger partial charge in [0.25, 0.3) is 0 Å². The van der Waals surface area contributed by atoms with E-state index in [-0.39, 0.29) is 11.3 Å². The molecule has 1 rings (SSSR count). The van der Waals surface area contributed by atoms with Gasteiger partial charge in [0, 0.05) is 0 Å². The number of hydrogen-bond acceptors (Lipinski definition) is 2. The summed E-state index contributed by atoms with van der Waals surface area (Å²) < 4.78 is 28.1. The van der Waals surface area contributed by atoms with Crippen LogP contribution in [0.3, 0.4) is 0 Å². The third kappa shape index (κ3) is 2.91. The molecule has 1 aromatic rings. The number of alkyl halides is 2. The standard InChI is InChI=1S/C11H10F2NO/c1-7(2)8-3-4-10(15-11(12)13)9(5-8)6-14/h3-5,11H,1-2H3. The summed E-state index contributed by atoms with van der Waals surface area (Å²) in [5.41, 5.74) is 0.960. The summed E-state index contributed by atoms with van der Waals surface area (Å²) >= 11 is 0. The van der Waals surface area contributed by atoms with E-state index in [9.17, 15) is 8.78 Å². The van der Waals surface area contributed by atoms with Crippen LogP contribution in [0.4, 0.5) is 8.78 Å². The van der Waals surface area contributed by atoms with Crippen LogP contribution in [-0.4, -0.2) is 6.61 Å². The van der Waals surface area contributed by atoms with Gasteiger partial charge < -0.3 is 4.74 Å². The summed E-state index contributed by atoms with van der Waals surface area (Å²) in [6.45, 7) is 0.850. The third-order valence-electron chi connectivity index (χ3n) is 1.89. The Bertz CT molecular complexity index is 383. The minimum atomic E-state index is -2.91. The van der Waals surface area contributed by atoms with Crippen molar-refractivity contribution in [1.82, 2.24) is 0 Å². The van der Waals surface area contributed by atoms with Gasteiger partial charge in [-0.15, -0.1) is 0 Å². The van der Waals surface area contributed by atoms with Crippen molar-refractivity contribution in [3.05, 3.63) is 35.2 Å². The van der Waals surface area contributed by atoms with Crippen LogP contribution in [0.15, 0.2) is 18.2 Å². The second-order valence-corrected chi connectivity index (χ2v) is 3.20. The molecule has 4 heteroatoms. The van der Waals surface area contributed by atoms with Crippen LogP contribution in [0, 0.1) is 17.2 Å². The lowest BCUT2D eigenvalue weighted by Crippen LogP contribution is -2.04. The Morgan fingerprint density at radius 2 is 2.07 bits per heavy atom. The topological polar surface area (TPSA) is 33.0 Å². The van der Waals surface area contributed by atoms with Gasteiger partial charge in [0.1, 0.15) is 11.8 Å². The van der Waals surface area contributed by atoms with Gasteiger partial charge in [-0.25, -0.2) is 0 Å². The molecule has 1 aromatic carbocycles. The van der Waals surface area contributed by atoms with Crippen molar-refractivity contribution in [2.75, 3.05) is 0 Å². The van der Waals surface area contributed by atoms with Gasteiger partial charge in [-0.2, -0.15) is 14.0 Å². The summed E-state index contributed by atoms with van der Waals surface area (Å²) in [4.78, 5) is 0. The van der Waals surface area contributed by atoms with Crippen LogP contribution in [0.2, 0.25) is 0 Å². The fourth-order valence-electron chi connectivity index (χ4n) is 1.13. The van der Waals surface area contributed by atoms with Gasteiger partial charge in [-0.1, -0.05) is 19.9 Å². The van der Waals surface area contributed by atoms with Crippen LogP contribution >= 0.6 is 0 Å². The van der Waals surface area contributed by atoms with Crippen molar-refractivity contribution >= 4 is 0 Å². The highest BCUT2D eigenvalue weighted by Crippen LogP contribution is 2.24. The van der Waals surface area contributed by atoms with E-state index in [0.717, 1.165) is 11.5 Å². The molecule has 0 saturated carbocycles. The molecule has 0 spiro atoms. The second kappa shape index (κ2) is 4.74. The van der Waals surface area contributed by atoms with E-state index >= 15 is 0 Å². The van der Waals surface area contributed by atoms with Crippen molar-refractivity contribution in [3.63, 3.8) is 0 Å². The van der Waals surface area contributed by atoms with Crippen LogP contribution < -0.4 is 4.74 Å². The maximum Gasteiger partial charge on any atom is 0.387 e. The lowest BCUT2D eigenvalue weighted by molar-refractivity contribution is -0.0500.